The minimum atomic E-state index is -0.944. The molecule has 0 N–H and O–H groups in total. The van der Waals surface area contributed by atoms with E-state index in [1.165, 1.54) is 19.0 Å². The molecule has 0 bridgehead atoms. The normalized spacial score (nSPS) is 24.5. The van der Waals surface area contributed by atoms with Gasteiger partial charge < -0.3 is 4.57 Å². The van der Waals surface area contributed by atoms with E-state index in [0.29, 0.717) is 0 Å². The summed E-state index contributed by atoms with van der Waals surface area (Å²) in [6, 6.07) is 1.47. The highest BCUT2D eigenvalue weighted by molar-refractivity contribution is 6.75. The first-order chi connectivity index (χ1) is 4.67. The maximum Gasteiger partial charge on any atom is 0.149 e. The Balaban J connectivity index is 2.59. The molecule has 1 saturated heterocycles. The van der Waals surface area contributed by atoms with E-state index in [1.807, 2.05) is 0 Å². The van der Waals surface area contributed by atoms with Crippen molar-refractivity contribution < 1.29 is 0 Å². The summed E-state index contributed by atoms with van der Waals surface area (Å²) in [6.07, 6.45) is 5.82. The Kier molecular flexibility index (Phi) is 2.19. The van der Waals surface area contributed by atoms with Gasteiger partial charge in [0.1, 0.15) is 8.24 Å². The van der Waals surface area contributed by atoms with Crippen LogP contribution in [0.5, 0.6) is 0 Å². The topological polar surface area (TPSA) is 3.24 Å². The molecule has 0 atom stereocenters. The SMILES string of the molecule is CC=CN1CCC[Si]1(C)C. The molecule has 0 aromatic heterocycles. The van der Waals surface area contributed by atoms with Crippen LogP contribution in [0.3, 0.4) is 0 Å². The van der Waals surface area contributed by atoms with Gasteiger partial charge in [0.2, 0.25) is 0 Å². The maximum atomic E-state index is 2.56. The highest BCUT2D eigenvalue weighted by Crippen LogP contribution is 2.25. The van der Waals surface area contributed by atoms with Gasteiger partial charge in [-0.05, 0) is 25.6 Å². The molecule has 1 aliphatic heterocycles. The molecule has 2 heteroatoms. The third-order valence-electron chi connectivity index (χ3n) is 2.29. The van der Waals surface area contributed by atoms with Gasteiger partial charge in [-0.1, -0.05) is 19.2 Å². The molecule has 0 aromatic carbocycles. The lowest BCUT2D eigenvalue weighted by atomic mass is 10.5. The van der Waals surface area contributed by atoms with Crippen LogP contribution in [0, 0.1) is 0 Å². The summed E-state index contributed by atoms with van der Waals surface area (Å²) in [4.78, 5) is 0. The fourth-order valence-corrected chi connectivity index (χ4v) is 4.21. The predicted molar refractivity (Wildman–Crippen MR) is 48.4 cm³/mol. The molecule has 1 aliphatic rings. The zero-order chi connectivity index (χ0) is 7.61. The summed E-state index contributed by atoms with van der Waals surface area (Å²) < 4.78 is 2.56. The number of allylic oxidation sites excluding steroid dienone is 1. The van der Waals surface area contributed by atoms with Gasteiger partial charge >= 0.3 is 0 Å². The second-order valence-corrected chi connectivity index (χ2v) is 8.29. The Hall–Kier alpha value is -0.243. The van der Waals surface area contributed by atoms with Crippen molar-refractivity contribution in [1.82, 2.24) is 4.57 Å². The molecule has 0 aliphatic carbocycles. The monoisotopic (exact) mass is 155 g/mol. The van der Waals surface area contributed by atoms with Crippen LogP contribution in [-0.2, 0) is 0 Å². The minimum absolute atomic E-state index is 0.944. The molecule has 58 valence electrons. The third kappa shape index (κ3) is 1.43. The molecule has 0 aromatic rings. The van der Waals surface area contributed by atoms with Crippen LogP contribution in [0.2, 0.25) is 19.1 Å². The number of hydrogen-bond donors (Lipinski definition) is 0. The number of rotatable bonds is 1. The van der Waals surface area contributed by atoms with Crippen LogP contribution in [0.1, 0.15) is 13.3 Å². The molecular weight excluding hydrogens is 138 g/mol. The van der Waals surface area contributed by atoms with Crippen LogP contribution in [0.15, 0.2) is 12.3 Å². The smallest absolute Gasteiger partial charge is 0.149 e. The summed E-state index contributed by atoms with van der Waals surface area (Å²) in [6.45, 7) is 8.28. The first-order valence-corrected chi connectivity index (χ1v) is 7.22. The van der Waals surface area contributed by atoms with E-state index < -0.39 is 8.24 Å². The Labute approximate surface area is 64.8 Å². The summed E-state index contributed by atoms with van der Waals surface area (Å²) >= 11 is 0. The van der Waals surface area contributed by atoms with E-state index in [1.54, 1.807) is 0 Å². The molecule has 1 heterocycles. The van der Waals surface area contributed by atoms with E-state index >= 15 is 0 Å². The van der Waals surface area contributed by atoms with Gasteiger partial charge in [-0.15, -0.1) is 0 Å². The van der Waals surface area contributed by atoms with Crippen LogP contribution < -0.4 is 0 Å². The van der Waals surface area contributed by atoms with E-state index in [0.717, 1.165) is 0 Å². The van der Waals surface area contributed by atoms with Crippen molar-refractivity contribution in [2.75, 3.05) is 6.54 Å². The molecule has 0 unspecified atom stereocenters. The standard InChI is InChI=1S/C8H17NSi/c1-4-6-9-7-5-8-10(9,2)3/h4,6H,5,7-8H2,1-3H3. The van der Waals surface area contributed by atoms with Crippen molar-refractivity contribution in [3.05, 3.63) is 12.3 Å². The molecule has 0 saturated carbocycles. The predicted octanol–water partition coefficient (Wildman–Crippen LogP) is 2.43. The lowest BCUT2D eigenvalue weighted by Crippen LogP contribution is -2.38. The van der Waals surface area contributed by atoms with Crippen molar-refractivity contribution in [3.63, 3.8) is 0 Å². The first-order valence-electron chi connectivity index (χ1n) is 4.06. The zero-order valence-electron chi connectivity index (χ0n) is 7.22. The van der Waals surface area contributed by atoms with Crippen molar-refractivity contribution in [2.24, 2.45) is 0 Å². The molecule has 10 heavy (non-hydrogen) atoms. The summed E-state index contributed by atoms with van der Waals surface area (Å²) in [5.41, 5.74) is 0. The Morgan fingerprint density at radius 2 is 2.10 bits per heavy atom. The van der Waals surface area contributed by atoms with Crippen LogP contribution in [0.4, 0.5) is 0 Å². The summed E-state index contributed by atoms with van der Waals surface area (Å²) in [5.74, 6) is 0. The Morgan fingerprint density at radius 3 is 2.50 bits per heavy atom. The minimum Gasteiger partial charge on any atom is -0.404 e. The largest absolute Gasteiger partial charge is 0.404 e. The van der Waals surface area contributed by atoms with Gasteiger partial charge in [-0.3, -0.25) is 0 Å². The maximum absolute atomic E-state index is 2.56. The van der Waals surface area contributed by atoms with Crippen molar-refractivity contribution in [3.8, 4) is 0 Å². The average Bonchev–Trinajstić information content (AvgIpc) is 2.13. The average molecular weight is 155 g/mol. The van der Waals surface area contributed by atoms with E-state index in [2.05, 4.69) is 36.9 Å². The van der Waals surface area contributed by atoms with Gasteiger partial charge in [-0.25, -0.2) is 0 Å². The van der Waals surface area contributed by atoms with Gasteiger partial charge in [0.15, 0.2) is 0 Å². The number of hydrogen-bond acceptors (Lipinski definition) is 1. The molecule has 1 nitrogen and oxygen atoms in total. The Morgan fingerprint density at radius 1 is 1.40 bits per heavy atom. The van der Waals surface area contributed by atoms with Crippen molar-refractivity contribution >= 4 is 8.24 Å². The summed E-state index contributed by atoms with van der Waals surface area (Å²) in [5, 5.41) is 0. The third-order valence-corrected chi connectivity index (χ3v) is 5.80. The Bertz CT molecular complexity index is 140. The van der Waals surface area contributed by atoms with Crippen LogP contribution in [-0.4, -0.2) is 19.3 Å². The molecule has 1 fully saturated rings. The van der Waals surface area contributed by atoms with Gasteiger partial charge in [0.05, 0.1) is 0 Å². The van der Waals surface area contributed by atoms with E-state index in [4.69, 9.17) is 0 Å². The molecule has 0 radical (unpaired) electrons. The second kappa shape index (κ2) is 2.78. The molecule has 0 spiro atoms. The quantitative estimate of drug-likeness (QED) is 0.526. The van der Waals surface area contributed by atoms with Gasteiger partial charge in [0.25, 0.3) is 0 Å². The van der Waals surface area contributed by atoms with Gasteiger partial charge in [0, 0.05) is 6.54 Å². The summed E-state index contributed by atoms with van der Waals surface area (Å²) in [7, 11) is -0.944. The van der Waals surface area contributed by atoms with E-state index in [-0.39, 0.29) is 0 Å². The zero-order valence-corrected chi connectivity index (χ0v) is 8.22. The first kappa shape index (κ1) is 7.86. The van der Waals surface area contributed by atoms with Crippen LogP contribution >= 0.6 is 0 Å². The fourth-order valence-electron chi connectivity index (χ4n) is 1.58. The number of nitrogens with zero attached hydrogens (tertiary/aromatic N) is 1. The highest BCUT2D eigenvalue weighted by atomic mass is 28.3. The lowest BCUT2D eigenvalue weighted by molar-refractivity contribution is 0.607. The van der Waals surface area contributed by atoms with Crippen LogP contribution in [0.25, 0.3) is 0 Å². The fraction of sp³-hybridized carbons (Fsp3) is 0.750. The van der Waals surface area contributed by atoms with E-state index in [9.17, 15) is 0 Å². The van der Waals surface area contributed by atoms with Crippen molar-refractivity contribution in [1.29, 1.82) is 0 Å². The second-order valence-electron chi connectivity index (χ2n) is 3.59. The van der Waals surface area contributed by atoms with Crippen molar-refractivity contribution in [2.45, 2.75) is 32.5 Å². The highest BCUT2D eigenvalue weighted by Gasteiger charge is 2.31. The lowest BCUT2D eigenvalue weighted by Gasteiger charge is -2.27. The molecular formula is C8H17NSi. The molecule has 1 rings (SSSR count). The molecule has 0 amide bonds. The van der Waals surface area contributed by atoms with Gasteiger partial charge in [-0.2, -0.15) is 0 Å².